The molecule has 1 N–H and O–H groups in total. The van der Waals surface area contributed by atoms with Crippen LogP contribution in [-0.4, -0.2) is 11.1 Å². The van der Waals surface area contributed by atoms with E-state index in [0.29, 0.717) is 0 Å². The molecular weight excluding hydrogens is 384 g/mol. The van der Waals surface area contributed by atoms with Crippen molar-refractivity contribution in [1.82, 2.24) is 0 Å². The Labute approximate surface area is 143 Å². The van der Waals surface area contributed by atoms with Crippen molar-refractivity contribution in [2.45, 2.75) is 0 Å². The van der Waals surface area contributed by atoms with Crippen LogP contribution in [0.15, 0.2) is 18.2 Å². The van der Waals surface area contributed by atoms with Crippen LogP contribution in [0.25, 0.3) is 11.1 Å². The van der Waals surface area contributed by atoms with Crippen molar-refractivity contribution < 1.29 is 14.3 Å². The molecule has 2 rings (SSSR count). The number of halogens is 6. The molecule has 0 aliphatic carbocycles. The minimum Gasteiger partial charge on any atom is -0.478 e. The highest BCUT2D eigenvalue weighted by Gasteiger charge is 2.25. The molecule has 0 aliphatic heterocycles. The Morgan fingerprint density at radius 2 is 1.38 bits per heavy atom. The van der Waals surface area contributed by atoms with Crippen molar-refractivity contribution in [2.24, 2.45) is 0 Å². The SMILES string of the molecule is O=C(O)c1c(F)cccc1-c1c(Cl)c(Cl)c(Cl)c(Cl)c1Cl. The summed E-state index contributed by atoms with van der Waals surface area (Å²) in [6, 6.07) is 3.67. The van der Waals surface area contributed by atoms with Gasteiger partial charge in [-0.2, -0.15) is 0 Å². The fourth-order valence-corrected chi connectivity index (χ4v) is 3.13. The summed E-state index contributed by atoms with van der Waals surface area (Å²) in [5, 5.41) is 8.70. The Morgan fingerprint density at radius 3 is 1.86 bits per heavy atom. The lowest BCUT2D eigenvalue weighted by atomic mass is 9.99. The Morgan fingerprint density at radius 1 is 0.905 bits per heavy atom. The van der Waals surface area contributed by atoms with E-state index >= 15 is 0 Å². The van der Waals surface area contributed by atoms with Gasteiger partial charge in [-0.1, -0.05) is 70.1 Å². The maximum atomic E-state index is 13.8. The largest absolute Gasteiger partial charge is 0.478 e. The number of carboxylic acids is 1. The quantitative estimate of drug-likeness (QED) is 0.474. The summed E-state index contributed by atoms with van der Waals surface area (Å²) in [7, 11) is 0. The van der Waals surface area contributed by atoms with Gasteiger partial charge in [0.1, 0.15) is 11.4 Å². The number of carboxylic acid groups (broad SMARTS) is 1. The second-order valence-corrected chi connectivity index (χ2v) is 5.80. The zero-order valence-electron chi connectivity index (χ0n) is 9.86. The number of aromatic carboxylic acids is 1. The lowest BCUT2D eigenvalue weighted by Crippen LogP contribution is -2.04. The smallest absolute Gasteiger partial charge is 0.339 e. The molecule has 2 nitrogen and oxygen atoms in total. The Balaban J connectivity index is 2.93. The molecule has 2 aromatic carbocycles. The van der Waals surface area contributed by atoms with Crippen LogP contribution in [0, 0.1) is 5.82 Å². The molecule has 0 spiro atoms. The van der Waals surface area contributed by atoms with E-state index in [-0.39, 0.29) is 36.2 Å². The van der Waals surface area contributed by atoms with Gasteiger partial charge in [0.05, 0.1) is 25.1 Å². The van der Waals surface area contributed by atoms with Crippen molar-refractivity contribution in [1.29, 1.82) is 0 Å². The first kappa shape index (κ1) is 16.7. The molecule has 0 heterocycles. The molecule has 0 aromatic heterocycles. The summed E-state index contributed by atoms with van der Waals surface area (Å²) >= 11 is 29.9. The van der Waals surface area contributed by atoms with E-state index in [1.165, 1.54) is 12.1 Å². The zero-order valence-corrected chi connectivity index (χ0v) is 13.6. The lowest BCUT2D eigenvalue weighted by molar-refractivity contribution is 0.0693. The third-order valence-corrected chi connectivity index (χ3v) is 4.98. The summed E-state index contributed by atoms with van der Waals surface area (Å²) in [6.45, 7) is 0. The Bertz CT molecular complexity index is 732. The molecule has 0 atom stereocenters. The predicted molar refractivity (Wildman–Crippen MR) is 83.8 cm³/mol. The van der Waals surface area contributed by atoms with Crippen LogP contribution in [0.2, 0.25) is 25.1 Å². The van der Waals surface area contributed by atoms with E-state index in [4.69, 9.17) is 63.1 Å². The fraction of sp³-hybridized carbons (Fsp3) is 0. The average molecular weight is 388 g/mol. The molecule has 0 fully saturated rings. The van der Waals surface area contributed by atoms with E-state index in [0.717, 1.165) is 6.07 Å². The van der Waals surface area contributed by atoms with Gasteiger partial charge in [0.25, 0.3) is 0 Å². The molecule has 21 heavy (non-hydrogen) atoms. The topological polar surface area (TPSA) is 37.3 Å². The van der Waals surface area contributed by atoms with E-state index in [2.05, 4.69) is 0 Å². The summed E-state index contributed by atoms with van der Waals surface area (Å²) in [5.74, 6) is -2.41. The molecule has 0 bridgehead atoms. The van der Waals surface area contributed by atoms with Crippen molar-refractivity contribution in [3.63, 3.8) is 0 Å². The van der Waals surface area contributed by atoms with Gasteiger partial charge in [-0.15, -0.1) is 0 Å². The highest BCUT2D eigenvalue weighted by molar-refractivity contribution is 6.56. The van der Waals surface area contributed by atoms with Crippen LogP contribution in [-0.2, 0) is 0 Å². The zero-order chi connectivity index (χ0) is 15.9. The third-order valence-electron chi connectivity index (χ3n) is 2.71. The van der Waals surface area contributed by atoms with Crippen LogP contribution >= 0.6 is 58.0 Å². The van der Waals surface area contributed by atoms with E-state index in [1.54, 1.807) is 0 Å². The van der Waals surface area contributed by atoms with Crippen molar-refractivity contribution >= 4 is 64.0 Å². The molecule has 0 saturated heterocycles. The average Bonchev–Trinajstić information content (AvgIpc) is 2.43. The van der Waals surface area contributed by atoms with Gasteiger partial charge in [0.15, 0.2) is 0 Å². The van der Waals surface area contributed by atoms with Crippen molar-refractivity contribution in [3.8, 4) is 11.1 Å². The first-order valence-electron chi connectivity index (χ1n) is 5.31. The van der Waals surface area contributed by atoms with Gasteiger partial charge in [0.2, 0.25) is 0 Å². The molecule has 2 aromatic rings. The monoisotopic (exact) mass is 386 g/mol. The van der Waals surface area contributed by atoms with Gasteiger partial charge in [-0.25, -0.2) is 9.18 Å². The van der Waals surface area contributed by atoms with Crippen molar-refractivity contribution in [3.05, 3.63) is 54.7 Å². The summed E-state index contributed by atoms with van der Waals surface area (Å²) in [5.41, 5.74) is -0.622. The fourth-order valence-electron chi connectivity index (χ4n) is 1.79. The summed E-state index contributed by atoms with van der Waals surface area (Å²) < 4.78 is 13.8. The lowest BCUT2D eigenvalue weighted by Gasteiger charge is -2.14. The van der Waals surface area contributed by atoms with E-state index in [1.807, 2.05) is 0 Å². The predicted octanol–water partition coefficient (Wildman–Crippen LogP) is 6.46. The van der Waals surface area contributed by atoms with Crippen molar-refractivity contribution in [2.75, 3.05) is 0 Å². The van der Waals surface area contributed by atoms with Crippen LogP contribution in [0.4, 0.5) is 4.39 Å². The maximum absolute atomic E-state index is 13.8. The highest BCUT2D eigenvalue weighted by atomic mass is 35.5. The number of rotatable bonds is 2. The van der Waals surface area contributed by atoms with Gasteiger partial charge in [0, 0.05) is 11.1 Å². The van der Waals surface area contributed by atoms with Gasteiger partial charge in [-0.3, -0.25) is 0 Å². The normalized spacial score (nSPS) is 10.8. The summed E-state index contributed by atoms with van der Waals surface area (Å²) in [4.78, 5) is 11.3. The molecule has 0 unspecified atom stereocenters. The molecular formula is C13H4Cl5FO2. The molecule has 8 heteroatoms. The Kier molecular flexibility index (Phi) is 4.91. The highest BCUT2D eigenvalue weighted by Crippen LogP contribution is 2.49. The second kappa shape index (κ2) is 6.19. The molecule has 0 aliphatic rings. The molecule has 0 radical (unpaired) electrons. The van der Waals surface area contributed by atoms with Crippen LogP contribution in [0.5, 0.6) is 0 Å². The third kappa shape index (κ3) is 2.81. The maximum Gasteiger partial charge on any atom is 0.339 e. The number of benzene rings is 2. The van der Waals surface area contributed by atoms with Crippen LogP contribution in [0.1, 0.15) is 10.4 Å². The minimum atomic E-state index is -1.47. The molecule has 0 amide bonds. The van der Waals surface area contributed by atoms with Gasteiger partial charge in [-0.05, 0) is 6.07 Å². The minimum absolute atomic E-state index is 0.00892. The molecule has 0 saturated carbocycles. The van der Waals surface area contributed by atoms with E-state index in [9.17, 15) is 9.18 Å². The van der Waals surface area contributed by atoms with Gasteiger partial charge < -0.3 is 5.11 Å². The second-order valence-electron chi connectivity index (χ2n) is 3.91. The summed E-state index contributed by atoms with van der Waals surface area (Å²) in [6.07, 6.45) is 0. The first-order chi connectivity index (χ1) is 9.77. The van der Waals surface area contributed by atoms with Crippen LogP contribution in [0.3, 0.4) is 0 Å². The molecule has 110 valence electrons. The standard InChI is InChI=1S/C13H4Cl5FO2/c14-8-7(9(15)11(17)12(18)10(8)16)4-2-1-3-5(19)6(4)13(20)21/h1-3H,(H,20,21). The first-order valence-corrected chi connectivity index (χ1v) is 7.20. The van der Waals surface area contributed by atoms with Crippen LogP contribution < -0.4 is 0 Å². The number of hydrogen-bond acceptors (Lipinski definition) is 1. The Hall–Kier alpha value is -0.710. The van der Waals surface area contributed by atoms with E-state index < -0.39 is 17.3 Å². The number of carbonyl (C=O) groups is 1. The number of hydrogen-bond donors (Lipinski definition) is 1. The van der Waals surface area contributed by atoms with Gasteiger partial charge >= 0.3 is 5.97 Å².